The molecule has 2 fully saturated rings. The van der Waals surface area contributed by atoms with Crippen molar-refractivity contribution in [1.29, 1.82) is 5.26 Å². The molecule has 2 aliphatic heterocycles. The van der Waals surface area contributed by atoms with E-state index in [1.54, 1.807) is 37.1 Å². The molecule has 2 bridgehead atoms. The molecule has 0 spiro atoms. The molecule has 53 heavy (non-hydrogen) atoms. The Balaban J connectivity index is 1.47. The van der Waals surface area contributed by atoms with Gasteiger partial charge in [-0.1, -0.05) is 60.7 Å². The van der Waals surface area contributed by atoms with Crippen LogP contribution in [0.15, 0.2) is 108 Å². The quantitative estimate of drug-likeness (QED) is 0.0626. The number of hydrogen-bond donors (Lipinski definition) is 0. The average Bonchev–Trinajstić information content (AvgIpc) is 3.67. The summed E-state index contributed by atoms with van der Waals surface area (Å²) in [4.78, 5) is 13.2. The molecule has 11 nitrogen and oxygen atoms in total. The van der Waals surface area contributed by atoms with Gasteiger partial charge in [0.15, 0.2) is 6.23 Å². The molecule has 2 aliphatic rings. The van der Waals surface area contributed by atoms with Crippen LogP contribution in [0.1, 0.15) is 57.0 Å². The van der Waals surface area contributed by atoms with Crippen molar-refractivity contribution < 1.29 is 32.7 Å². The lowest BCUT2D eigenvalue weighted by Gasteiger charge is -2.41. The third-order valence-corrected chi connectivity index (χ3v) is 11.8. The molecule has 0 saturated carbocycles. The van der Waals surface area contributed by atoms with Crippen molar-refractivity contribution in [3.8, 4) is 17.6 Å². The van der Waals surface area contributed by atoms with Gasteiger partial charge < -0.3 is 32.7 Å². The number of benzene rings is 3. The number of methoxy groups -OCH3 is 2. The summed E-state index contributed by atoms with van der Waals surface area (Å²) in [5.41, 5.74) is 0.0837. The lowest BCUT2D eigenvalue weighted by atomic mass is 9.79. The molecule has 0 radical (unpaired) electrons. The summed E-state index contributed by atoms with van der Waals surface area (Å²) in [5, 5.41) is 9.35. The van der Waals surface area contributed by atoms with E-state index in [-0.39, 0.29) is 43.9 Å². The topological polar surface area (TPSA) is 114 Å². The minimum Gasteiger partial charge on any atom is -0.497 e. The smallest absolute Gasteiger partial charge is 0.259 e. The molecule has 6 rings (SSSR count). The normalized spacial score (nSPS) is 21.6. The number of fused-ring (bicyclic) bond motifs is 2. The average molecular weight is 742 g/mol. The summed E-state index contributed by atoms with van der Waals surface area (Å²) in [6.07, 6.45) is -0.230. The molecule has 2 saturated heterocycles. The lowest BCUT2D eigenvalue weighted by Crippen LogP contribution is -2.49. The monoisotopic (exact) mass is 741 g/mol. The highest BCUT2D eigenvalue weighted by molar-refractivity contribution is 7.44. The van der Waals surface area contributed by atoms with Crippen molar-refractivity contribution in [2.45, 2.75) is 75.8 Å². The third kappa shape index (κ3) is 7.78. The van der Waals surface area contributed by atoms with Gasteiger partial charge in [0, 0.05) is 24.3 Å². The highest BCUT2D eigenvalue weighted by Gasteiger charge is 2.65. The van der Waals surface area contributed by atoms with E-state index in [4.69, 9.17) is 32.7 Å². The Hall–Kier alpha value is -4.11. The summed E-state index contributed by atoms with van der Waals surface area (Å²) in [7, 11) is 1.58. The van der Waals surface area contributed by atoms with Gasteiger partial charge in [0.2, 0.25) is 0 Å². The van der Waals surface area contributed by atoms with Gasteiger partial charge in [-0.15, -0.1) is 0 Å². The zero-order valence-corrected chi connectivity index (χ0v) is 32.0. The second-order valence-electron chi connectivity index (χ2n) is 13.7. The Morgan fingerprint density at radius 3 is 2.02 bits per heavy atom. The van der Waals surface area contributed by atoms with E-state index in [2.05, 4.69) is 38.4 Å². The van der Waals surface area contributed by atoms with E-state index >= 15 is 0 Å². The molecular weight excluding hydrogens is 693 g/mol. The van der Waals surface area contributed by atoms with E-state index in [1.807, 2.05) is 78.9 Å². The van der Waals surface area contributed by atoms with E-state index < -0.39 is 38.2 Å². The van der Waals surface area contributed by atoms with Crippen LogP contribution in [0.2, 0.25) is 0 Å². The third-order valence-electron chi connectivity index (χ3n) is 9.67. The zero-order chi connectivity index (χ0) is 37.6. The molecule has 4 aromatic rings. The standard InChI is InChI=1S/C41H48N3O8P/c1-29(2)44(30(3)4)53(50-26-12-24-42)52-38-37-39(43-25-11-10-15-36(43)45)51-40(38,27-48-37)28-49-41(31-13-8-7-9-14-31,32-16-20-34(46-5)21-17-32)33-18-22-35(47-6)23-19-33/h7-11,13-23,25,29-30,37-39H,12,26-28H2,1-6H3/t37-,38+,39-,40-,53?/m1/s1. The van der Waals surface area contributed by atoms with E-state index in [9.17, 15) is 10.1 Å². The van der Waals surface area contributed by atoms with Crippen LogP contribution in [0, 0.1) is 11.3 Å². The first-order valence-corrected chi connectivity index (χ1v) is 19.0. The highest BCUT2D eigenvalue weighted by atomic mass is 31.2. The maximum absolute atomic E-state index is 13.2. The van der Waals surface area contributed by atoms with Gasteiger partial charge >= 0.3 is 0 Å². The second-order valence-corrected chi connectivity index (χ2v) is 15.1. The van der Waals surface area contributed by atoms with Crippen molar-refractivity contribution in [3.63, 3.8) is 0 Å². The van der Waals surface area contributed by atoms with Crippen molar-refractivity contribution in [2.24, 2.45) is 0 Å². The molecule has 3 aromatic carbocycles. The van der Waals surface area contributed by atoms with Gasteiger partial charge in [0.25, 0.3) is 14.1 Å². The summed E-state index contributed by atoms with van der Waals surface area (Å²) >= 11 is 0. The first kappa shape index (κ1) is 38.6. The van der Waals surface area contributed by atoms with E-state index in [1.165, 1.54) is 6.07 Å². The highest BCUT2D eigenvalue weighted by Crippen LogP contribution is 2.56. The molecule has 1 aromatic heterocycles. The number of aromatic nitrogens is 1. The second kappa shape index (κ2) is 16.9. The van der Waals surface area contributed by atoms with Crippen molar-refractivity contribution in [1.82, 2.24) is 9.24 Å². The van der Waals surface area contributed by atoms with Crippen LogP contribution in [0.4, 0.5) is 0 Å². The van der Waals surface area contributed by atoms with Crippen LogP contribution in [-0.2, 0) is 28.9 Å². The first-order valence-electron chi connectivity index (χ1n) is 17.9. The largest absolute Gasteiger partial charge is 0.497 e. The Bertz CT molecular complexity index is 1830. The molecule has 12 heteroatoms. The summed E-state index contributed by atoms with van der Waals surface area (Å²) in [6, 6.07) is 33.0. The Morgan fingerprint density at radius 1 is 0.887 bits per heavy atom. The summed E-state index contributed by atoms with van der Waals surface area (Å²) < 4.78 is 49.1. The fourth-order valence-corrected chi connectivity index (χ4v) is 9.03. The predicted molar refractivity (Wildman–Crippen MR) is 202 cm³/mol. The van der Waals surface area contributed by atoms with Crippen LogP contribution in [0.5, 0.6) is 11.5 Å². The fraction of sp³-hybridized carbons (Fsp3) is 0.415. The molecule has 0 amide bonds. The molecule has 5 atom stereocenters. The van der Waals surface area contributed by atoms with Crippen LogP contribution in [-0.4, -0.2) is 73.2 Å². The Labute approximate surface area is 312 Å². The fourth-order valence-electron chi connectivity index (χ4n) is 7.22. The summed E-state index contributed by atoms with van der Waals surface area (Å²) in [6.45, 7) is 8.73. The number of pyridine rings is 1. The molecule has 1 unspecified atom stereocenters. The molecule has 0 aliphatic carbocycles. The number of ether oxygens (including phenoxy) is 5. The maximum Gasteiger partial charge on any atom is 0.259 e. The number of rotatable bonds is 17. The van der Waals surface area contributed by atoms with Crippen LogP contribution >= 0.6 is 8.53 Å². The van der Waals surface area contributed by atoms with Gasteiger partial charge in [-0.05, 0) is 74.7 Å². The van der Waals surface area contributed by atoms with Gasteiger partial charge in [0.1, 0.15) is 34.9 Å². The van der Waals surface area contributed by atoms with Crippen molar-refractivity contribution >= 4 is 8.53 Å². The molecular formula is C41H48N3O8P. The number of hydrogen-bond acceptors (Lipinski definition) is 10. The number of nitriles is 1. The van der Waals surface area contributed by atoms with Gasteiger partial charge in [0.05, 0.1) is 46.5 Å². The minimum absolute atomic E-state index is 0.0178. The van der Waals surface area contributed by atoms with E-state index in [0.29, 0.717) is 11.5 Å². The Kier molecular flexibility index (Phi) is 12.3. The number of nitrogens with zero attached hydrogens (tertiary/aromatic N) is 3. The van der Waals surface area contributed by atoms with Gasteiger partial charge in [-0.3, -0.25) is 9.36 Å². The zero-order valence-electron chi connectivity index (χ0n) is 31.1. The Morgan fingerprint density at radius 2 is 1.47 bits per heavy atom. The lowest BCUT2D eigenvalue weighted by molar-refractivity contribution is -0.203. The van der Waals surface area contributed by atoms with Crippen LogP contribution in [0.3, 0.4) is 0 Å². The van der Waals surface area contributed by atoms with Crippen LogP contribution < -0.4 is 15.0 Å². The van der Waals surface area contributed by atoms with Crippen molar-refractivity contribution in [3.05, 3.63) is 130 Å². The van der Waals surface area contributed by atoms with E-state index in [0.717, 1.165) is 16.7 Å². The minimum atomic E-state index is -1.70. The predicted octanol–water partition coefficient (Wildman–Crippen LogP) is 7.20. The van der Waals surface area contributed by atoms with Crippen molar-refractivity contribution in [2.75, 3.05) is 34.0 Å². The summed E-state index contributed by atoms with van der Waals surface area (Å²) in [5.74, 6) is 1.42. The van der Waals surface area contributed by atoms with Crippen LogP contribution in [0.25, 0.3) is 0 Å². The maximum atomic E-state index is 13.2. The van der Waals surface area contributed by atoms with Gasteiger partial charge in [-0.2, -0.15) is 5.26 Å². The molecule has 3 heterocycles. The first-order chi connectivity index (χ1) is 25.7. The molecule has 280 valence electrons. The molecule has 0 N–H and O–H groups in total. The SMILES string of the molecule is COc1ccc(C(OC[C@@]23CO[C@@H]([C@H](n4ccccc4=O)O2)[C@@H]3OP(OCCC#N)N(C(C)C)C(C)C)(c2ccccc2)c2ccc(OC)cc2)cc1. The van der Waals surface area contributed by atoms with Gasteiger partial charge in [-0.25, -0.2) is 4.67 Å².